The Bertz CT molecular complexity index is 1690. The lowest BCUT2D eigenvalue weighted by atomic mass is 10.0. The lowest BCUT2D eigenvalue weighted by molar-refractivity contribution is -0.139. The molecule has 1 N–H and O–H groups in total. The summed E-state index contributed by atoms with van der Waals surface area (Å²) >= 11 is 0. The second kappa shape index (κ2) is 14.2. The van der Waals surface area contributed by atoms with E-state index in [9.17, 15) is 18.0 Å². The predicted molar refractivity (Wildman–Crippen MR) is 173 cm³/mol. The van der Waals surface area contributed by atoms with Gasteiger partial charge in [-0.2, -0.15) is 0 Å². The van der Waals surface area contributed by atoms with Crippen molar-refractivity contribution in [3.63, 3.8) is 0 Å². The number of methoxy groups -OCH3 is 1. The molecule has 4 aromatic carbocycles. The van der Waals surface area contributed by atoms with Gasteiger partial charge in [0.15, 0.2) is 0 Å². The number of rotatable bonds is 12. The Kier molecular flexibility index (Phi) is 10.4. The first kappa shape index (κ1) is 32.3. The first-order chi connectivity index (χ1) is 21.0. The van der Waals surface area contributed by atoms with E-state index in [1.165, 1.54) is 11.9 Å². The van der Waals surface area contributed by atoms with Gasteiger partial charge in [-0.25, -0.2) is 8.42 Å². The summed E-state index contributed by atoms with van der Waals surface area (Å²) in [5, 5.41) is 2.70. The van der Waals surface area contributed by atoms with Gasteiger partial charge in [-0.15, -0.1) is 0 Å². The molecule has 2 amide bonds. The molecule has 0 fully saturated rings. The molecule has 1 unspecified atom stereocenters. The smallest absolute Gasteiger partial charge is 0.264 e. The highest BCUT2D eigenvalue weighted by Crippen LogP contribution is 2.27. The minimum atomic E-state index is -4.16. The second-order valence-electron chi connectivity index (χ2n) is 10.9. The number of benzene rings is 4. The van der Waals surface area contributed by atoms with Crippen molar-refractivity contribution >= 4 is 27.5 Å². The normalized spacial score (nSPS) is 11.8. The molecule has 1 atom stereocenters. The fraction of sp³-hybridized carbons (Fsp3) is 0.257. The molecule has 0 radical (unpaired) electrons. The summed E-state index contributed by atoms with van der Waals surface area (Å²) in [6, 6.07) is 27.8. The van der Waals surface area contributed by atoms with Gasteiger partial charge in [0.2, 0.25) is 11.8 Å². The van der Waals surface area contributed by atoms with E-state index in [-0.39, 0.29) is 23.8 Å². The number of hydrogen-bond donors (Lipinski definition) is 1. The van der Waals surface area contributed by atoms with Crippen LogP contribution < -0.4 is 14.4 Å². The number of likely N-dealkylation sites (N-methyl/N-ethyl adjacent to an activating group) is 1. The molecule has 230 valence electrons. The molecule has 0 saturated carbocycles. The molecule has 4 rings (SSSR count). The maximum atomic E-state index is 14.4. The number of amides is 2. The van der Waals surface area contributed by atoms with Crippen molar-refractivity contribution in [1.82, 2.24) is 10.2 Å². The van der Waals surface area contributed by atoms with Crippen LogP contribution in [0.5, 0.6) is 5.75 Å². The van der Waals surface area contributed by atoms with Gasteiger partial charge in [0.25, 0.3) is 10.0 Å². The number of aryl methyl sites for hydroxylation is 3. The van der Waals surface area contributed by atoms with Crippen molar-refractivity contribution in [2.75, 3.05) is 25.0 Å². The highest BCUT2D eigenvalue weighted by molar-refractivity contribution is 7.92. The molecular weight excluding hydrogens is 574 g/mol. The van der Waals surface area contributed by atoms with Gasteiger partial charge in [-0.05, 0) is 79.4 Å². The van der Waals surface area contributed by atoms with E-state index in [0.717, 1.165) is 32.1 Å². The highest BCUT2D eigenvalue weighted by Gasteiger charge is 2.34. The summed E-state index contributed by atoms with van der Waals surface area (Å²) in [5.41, 5.74) is 4.60. The third-order valence-corrected chi connectivity index (χ3v) is 9.17. The minimum absolute atomic E-state index is 0.0617. The van der Waals surface area contributed by atoms with Gasteiger partial charge < -0.3 is 15.0 Å². The molecular formula is C35H39N3O5S. The van der Waals surface area contributed by atoms with Crippen LogP contribution in [0.15, 0.2) is 102 Å². The van der Waals surface area contributed by atoms with E-state index in [1.54, 1.807) is 55.6 Å². The lowest BCUT2D eigenvalue weighted by Crippen LogP contribution is -2.53. The molecule has 0 bridgehead atoms. The van der Waals surface area contributed by atoms with Crippen molar-refractivity contribution in [2.45, 2.75) is 44.7 Å². The fourth-order valence-corrected chi connectivity index (χ4v) is 6.55. The fourth-order valence-electron chi connectivity index (χ4n) is 5.15. The number of nitrogens with one attached hydrogen (secondary N) is 1. The number of sulfonamides is 1. The summed E-state index contributed by atoms with van der Waals surface area (Å²) in [6.45, 7) is 5.19. The van der Waals surface area contributed by atoms with Gasteiger partial charge in [0, 0.05) is 20.0 Å². The van der Waals surface area contributed by atoms with E-state index in [0.29, 0.717) is 11.4 Å². The lowest BCUT2D eigenvalue weighted by Gasteiger charge is -2.33. The van der Waals surface area contributed by atoms with Crippen LogP contribution in [-0.2, 0) is 32.6 Å². The molecule has 0 aliphatic rings. The zero-order valence-corrected chi connectivity index (χ0v) is 26.6. The third kappa shape index (κ3) is 7.85. The number of ether oxygens (including phenoxy) is 1. The molecule has 9 heteroatoms. The van der Waals surface area contributed by atoms with E-state index in [4.69, 9.17) is 4.74 Å². The molecule has 4 aromatic rings. The van der Waals surface area contributed by atoms with E-state index < -0.39 is 28.5 Å². The Hall–Kier alpha value is -4.63. The van der Waals surface area contributed by atoms with Crippen molar-refractivity contribution in [3.05, 3.63) is 125 Å². The van der Waals surface area contributed by atoms with Crippen LogP contribution >= 0.6 is 0 Å². The van der Waals surface area contributed by atoms with Crippen LogP contribution in [0.25, 0.3) is 0 Å². The van der Waals surface area contributed by atoms with Crippen molar-refractivity contribution < 1.29 is 22.7 Å². The summed E-state index contributed by atoms with van der Waals surface area (Å²) in [6.07, 6.45) is 0.241. The summed E-state index contributed by atoms with van der Waals surface area (Å²) < 4.78 is 34.9. The highest BCUT2D eigenvalue weighted by atomic mass is 32.2. The molecule has 0 aliphatic heterocycles. The van der Waals surface area contributed by atoms with Crippen LogP contribution in [0.1, 0.15) is 27.8 Å². The number of anilines is 1. The first-order valence-corrected chi connectivity index (χ1v) is 15.8. The van der Waals surface area contributed by atoms with Gasteiger partial charge in [-0.3, -0.25) is 13.9 Å². The minimum Gasteiger partial charge on any atom is -0.497 e. The molecule has 0 saturated heterocycles. The Morgan fingerprint density at radius 2 is 1.43 bits per heavy atom. The molecule has 0 heterocycles. The molecule has 0 aromatic heterocycles. The molecule has 8 nitrogen and oxygen atoms in total. The average molecular weight is 614 g/mol. The van der Waals surface area contributed by atoms with Crippen molar-refractivity contribution in [2.24, 2.45) is 0 Å². The van der Waals surface area contributed by atoms with Crippen LogP contribution in [0.3, 0.4) is 0 Å². The van der Waals surface area contributed by atoms with Crippen LogP contribution in [-0.4, -0.2) is 51.9 Å². The van der Waals surface area contributed by atoms with E-state index in [2.05, 4.69) is 5.32 Å². The summed E-state index contributed by atoms with van der Waals surface area (Å²) in [4.78, 5) is 29.4. The van der Waals surface area contributed by atoms with Crippen molar-refractivity contribution in [1.29, 1.82) is 0 Å². The SMILES string of the molecule is CNC(=O)C(Cc1ccccc1)N(Cc1cccc(OC)c1)C(=O)CN(c1cc(C)cc(C)c1)S(=O)(=O)c1ccc(C)cc1. The second-order valence-corrected chi connectivity index (χ2v) is 12.7. The van der Waals surface area contributed by atoms with Gasteiger partial charge in [-0.1, -0.05) is 66.2 Å². The maximum Gasteiger partial charge on any atom is 0.264 e. The van der Waals surface area contributed by atoms with Gasteiger partial charge >= 0.3 is 0 Å². The van der Waals surface area contributed by atoms with E-state index in [1.807, 2.05) is 69.3 Å². The molecule has 0 aliphatic carbocycles. The Morgan fingerprint density at radius 1 is 0.795 bits per heavy atom. The van der Waals surface area contributed by atoms with Crippen molar-refractivity contribution in [3.8, 4) is 5.75 Å². The number of nitrogens with zero attached hydrogens (tertiary/aromatic N) is 2. The topological polar surface area (TPSA) is 96.0 Å². The summed E-state index contributed by atoms with van der Waals surface area (Å²) in [5.74, 6) is -0.273. The van der Waals surface area contributed by atoms with Crippen LogP contribution in [0, 0.1) is 20.8 Å². The monoisotopic (exact) mass is 613 g/mol. The number of hydrogen-bond acceptors (Lipinski definition) is 5. The van der Waals surface area contributed by atoms with Crippen LogP contribution in [0.4, 0.5) is 5.69 Å². The summed E-state index contributed by atoms with van der Waals surface area (Å²) in [7, 11) is -1.08. The van der Waals surface area contributed by atoms with E-state index >= 15 is 0 Å². The van der Waals surface area contributed by atoms with Gasteiger partial charge in [0.05, 0.1) is 17.7 Å². The molecule has 44 heavy (non-hydrogen) atoms. The predicted octanol–water partition coefficient (Wildman–Crippen LogP) is 5.20. The quantitative estimate of drug-likeness (QED) is 0.237. The third-order valence-electron chi connectivity index (χ3n) is 7.39. The average Bonchev–Trinajstić information content (AvgIpc) is 3.01. The zero-order valence-electron chi connectivity index (χ0n) is 25.8. The first-order valence-electron chi connectivity index (χ1n) is 14.4. The Balaban J connectivity index is 1.82. The number of carbonyl (C=O) groups excluding carboxylic acids is 2. The van der Waals surface area contributed by atoms with Gasteiger partial charge in [0.1, 0.15) is 18.3 Å². The standard InChI is InChI=1S/C35H39N3O5S/c1-25-14-16-32(17-15-25)44(41,42)38(30-19-26(2)18-27(3)20-30)24-34(39)37(23-29-12-9-13-31(21-29)43-5)33(35(40)36-4)22-28-10-7-6-8-11-28/h6-21,33H,22-24H2,1-5H3,(H,36,40). The Labute approximate surface area is 260 Å². The Morgan fingerprint density at radius 3 is 2.05 bits per heavy atom. The largest absolute Gasteiger partial charge is 0.497 e. The number of carbonyl (C=O) groups is 2. The molecule has 0 spiro atoms. The van der Waals surface area contributed by atoms with Crippen LogP contribution in [0.2, 0.25) is 0 Å². The zero-order chi connectivity index (χ0) is 31.9. The maximum absolute atomic E-state index is 14.4.